The van der Waals surface area contributed by atoms with Crippen LogP contribution in [0.4, 0.5) is 0 Å². The molecule has 0 atom stereocenters. The fourth-order valence-corrected chi connectivity index (χ4v) is 3.81. The summed E-state index contributed by atoms with van der Waals surface area (Å²) in [5.74, 6) is -0.970. The van der Waals surface area contributed by atoms with Gasteiger partial charge in [-0.3, -0.25) is 19.2 Å². The van der Waals surface area contributed by atoms with Crippen LogP contribution in [0.15, 0.2) is 0 Å². The van der Waals surface area contributed by atoms with Gasteiger partial charge in [0, 0.05) is 26.2 Å². The van der Waals surface area contributed by atoms with E-state index in [1.165, 1.54) is 41.3 Å². The Morgan fingerprint density at radius 2 is 0.611 bits per heavy atom. The Morgan fingerprint density at radius 3 is 0.833 bits per heavy atom. The molecule has 0 amide bonds. The van der Waals surface area contributed by atoms with Crippen LogP contribution in [0.1, 0.15) is 77.0 Å². The van der Waals surface area contributed by atoms with Gasteiger partial charge in [0.1, 0.15) is 0 Å². The van der Waals surface area contributed by atoms with Gasteiger partial charge in [-0.2, -0.15) is 0 Å². The Bertz CT molecular complexity index is 523. The fraction of sp³-hybridized carbons (Fsp3) is 0.846. The van der Waals surface area contributed by atoms with Gasteiger partial charge in [-0.15, -0.1) is 0 Å². The maximum atomic E-state index is 11.4. The summed E-state index contributed by atoms with van der Waals surface area (Å²) in [5.41, 5.74) is 0. The largest absolute Gasteiger partial charge is 0.469 e. The van der Waals surface area contributed by atoms with Gasteiger partial charge in [-0.05, 0) is 25.9 Å². The number of methoxy groups -OCH3 is 4. The zero-order valence-corrected chi connectivity index (χ0v) is 22.9. The molecule has 210 valence electrons. The van der Waals surface area contributed by atoms with Gasteiger partial charge in [0.05, 0.1) is 54.1 Å². The van der Waals surface area contributed by atoms with Crippen LogP contribution in [-0.4, -0.2) is 101 Å². The Morgan fingerprint density at radius 1 is 0.389 bits per heavy atom. The third-order valence-corrected chi connectivity index (χ3v) is 6.14. The first-order chi connectivity index (χ1) is 17.4. The minimum absolute atomic E-state index is 0.242. The Labute approximate surface area is 216 Å². The zero-order chi connectivity index (χ0) is 27.0. The number of carbonyl (C=O) groups is 4. The molecule has 0 aromatic rings. The third kappa shape index (κ3) is 20.0. The van der Waals surface area contributed by atoms with Crippen molar-refractivity contribution in [3.05, 3.63) is 0 Å². The predicted molar refractivity (Wildman–Crippen MR) is 136 cm³/mol. The second kappa shape index (κ2) is 23.2. The molecule has 0 unspecified atom stereocenters. The fourth-order valence-electron chi connectivity index (χ4n) is 3.81. The molecule has 10 nitrogen and oxygen atoms in total. The van der Waals surface area contributed by atoms with E-state index in [0.29, 0.717) is 51.9 Å². The van der Waals surface area contributed by atoms with Crippen LogP contribution < -0.4 is 0 Å². The molecule has 0 fully saturated rings. The summed E-state index contributed by atoms with van der Waals surface area (Å²) in [7, 11) is 5.53. The highest BCUT2D eigenvalue weighted by atomic mass is 16.5. The minimum Gasteiger partial charge on any atom is -0.469 e. The number of esters is 4. The lowest BCUT2D eigenvalue weighted by Crippen LogP contribution is -2.30. The van der Waals surface area contributed by atoms with Gasteiger partial charge in [0.2, 0.25) is 0 Å². The van der Waals surface area contributed by atoms with Crippen LogP contribution in [-0.2, 0) is 38.1 Å². The maximum Gasteiger partial charge on any atom is 0.306 e. The molecular formula is C26H48N2O8. The van der Waals surface area contributed by atoms with Crippen molar-refractivity contribution in [1.29, 1.82) is 0 Å². The Hall–Kier alpha value is -2.20. The number of carbonyl (C=O) groups excluding carboxylic acids is 4. The average Bonchev–Trinajstić information content (AvgIpc) is 2.90. The van der Waals surface area contributed by atoms with E-state index in [1.807, 2.05) is 0 Å². The number of unbranched alkanes of at least 4 members (excludes halogenated alkanes) is 7. The molecule has 0 aliphatic carbocycles. The molecule has 0 spiro atoms. The van der Waals surface area contributed by atoms with Crippen molar-refractivity contribution < 1.29 is 38.1 Å². The second-order valence-electron chi connectivity index (χ2n) is 8.82. The molecule has 0 rings (SSSR count). The van der Waals surface area contributed by atoms with Crippen molar-refractivity contribution >= 4 is 23.9 Å². The quantitative estimate of drug-likeness (QED) is 0.114. The highest BCUT2D eigenvalue weighted by molar-refractivity contribution is 5.70. The van der Waals surface area contributed by atoms with Crippen LogP contribution in [0.2, 0.25) is 0 Å². The van der Waals surface area contributed by atoms with E-state index in [1.54, 1.807) is 0 Å². The molecule has 0 aromatic heterocycles. The van der Waals surface area contributed by atoms with Gasteiger partial charge in [-0.1, -0.05) is 38.5 Å². The second-order valence-corrected chi connectivity index (χ2v) is 8.82. The SMILES string of the molecule is COC(=O)CCN(CCCCCCCCCCN(CCC(=O)OC)CCC(=O)OC)CCC(=O)OC. The van der Waals surface area contributed by atoms with Gasteiger partial charge in [0.15, 0.2) is 0 Å². The van der Waals surface area contributed by atoms with E-state index in [4.69, 9.17) is 18.9 Å². The molecule has 10 heteroatoms. The summed E-state index contributed by atoms with van der Waals surface area (Å²) in [6, 6.07) is 0. The standard InChI is InChI=1S/C26H48N2O8/c1-33-23(29)13-19-27(20-14-24(30)34-2)17-11-9-7-5-6-8-10-12-18-28(21-15-25(31)35-3)22-16-26(32)36-4/h5-22H2,1-4H3. The molecule has 0 bridgehead atoms. The predicted octanol–water partition coefficient (Wildman–Crippen LogP) is 2.96. The van der Waals surface area contributed by atoms with Crippen LogP contribution in [0.3, 0.4) is 0 Å². The molecule has 0 aliphatic rings. The van der Waals surface area contributed by atoms with E-state index in [0.717, 1.165) is 51.6 Å². The summed E-state index contributed by atoms with van der Waals surface area (Å²) in [6.45, 7) is 4.03. The van der Waals surface area contributed by atoms with E-state index in [-0.39, 0.29) is 23.9 Å². The zero-order valence-electron chi connectivity index (χ0n) is 22.9. The molecule has 0 heterocycles. The van der Waals surface area contributed by atoms with Crippen molar-refractivity contribution in [2.75, 3.05) is 67.7 Å². The number of hydrogen-bond donors (Lipinski definition) is 0. The number of nitrogens with zero attached hydrogens (tertiary/aromatic N) is 2. The van der Waals surface area contributed by atoms with Gasteiger partial charge < -0.3 is 28.7 Å². The molecule has 0 saturated heterocycles. The normalized spacial score (nSPS) is 10.9. The van der Waals surface area contributed by atoms with E-state index in [2.05, 4.69) is 9.80 Å². The first kappa shape index (κ1) is 33.8. The van der Waals surface area contributed by atoms with Crippen LogP contribution in [0, 0.1) is 0 Å². The molecule has 0 aliphatic heterocycles. The van der Waals surface area contributed by atoms with Gasteiger partial charge in [0.25, 0.3) is 0 Å². The number of ether oxygens (including phenoxy) is 4. The van der Waals surface area contributed by atoms with Crippen molar-refractivity contribution in [1.82, 2.24) is 9.80 Å². The van der Waals surface area contributed by atoms with Crippen LogP contribution in [0.5, 0.6) is 0 Å². The third-order valence-electron chi connectivity index (χ3n) is 6.14. The van der Waals surface area contributed by atoms with E-state index < -0.39 is 0 Å². The number of rotatable bonds is 23. The van der Waals surface area contributed by atoms with E-state index >= 15 is 0 Å². The monoisotopic (exact) mass is 516 g/mol. The summed E-state index contributed by atoms with van der Waals surface area (Å²) in [4.78, 5) is 50.0. The van der Waals surface area contributed by atoms with Gasteiger partial charge in [-0.25, -0.2) is 0 Å². The van der Waals surface area contributed by atoms with Crippen molar-refractivity contribution in [2.24, 2.45) is 0 Å². The summed E-state index contributed by atoms with van der Waals surface area (Å²) >= 11 is 0. The summed E-state index contributed by atoms with van der Waals surface area (Å²) < 4.78 is 18.9. The highest BCUT2D eigenvalue weighted by Crippen LogP contribution is 2.11. The average molecular weight is 517 g/mol. The van der Waals surface area contributed by atoms with Crippen LogP contribution >= 0.6 is 0 Å². The lowest BCUT2D eigenvalue weighted by Gasteiger charge is -2.21. The van der Waals surface area contributed by atoms with Gasteiger partial charge >= 0.3 is 23.9 Å². The lowest BCUT2D eigenvalue weighted by atomic mass is 10.1. The van der Waals surface area contributed by atoms with Crippen molar-refractivity contribution in [2.45, 2.75) is 77.0 Å². The maximum absolute atomic E-state index is 11.4. The smallest absolute Gasteiger partial charge is 0.306 e. The topological polar surface area (TPSA) is 112 Å². The lowest BCUT2D eigenvalue weighted by molar-refractivity contribution is -0.142. The van der Waals surface area contributed by atoms with Crippen LogP contribution in [0.25, 0.3) is 0 Å². The molecule has 36 heavy (non-hydrogen) atoms. The van der Waals surface area contributed by atoms with E-state index in [9.17, 15) is 19.2 Å². The summed E-state index contributed by atoms with van der Waals surface area (Å²) in [6.07, 6.45) is 10.2. The minimum atomic E-state index is -0.242. The molecular weight excluding hydrogens is 468 g/mol. The Balaban J connectivity index is 4.02. The first-order valence-electron chi connectivity index (χ1n) is 13.1. The highest BCUT2D eigenvalue weighted by Gasteiger charge is 2.12. The van der Waals surface area contributed by atoms with Crippen molar-refractivity contribution in [3.63, 3.8) is 0 Å². The summed E-state index contributed by atoms with van der Waals surface area (Å²) in [5, 5.41) is 0. The molecule has 0 aromatic carbocycles. The molecule has 0 radical (unpaired) electrons. The Kier molecular flexibility index (Phi) is 21.8. The van der Waals surface area contributed by atoms with Crippen molar-refractivity contribution in [3.8, 4) is 0 Å². The molecule has 0 saturated carbocycles. The molecule has 0 N–H and O–H groups in total. The number of hydrogen-bond acceptors (Lipinski definition) is 10. The first-order valence-corrected chi connectivity index (χ1v) is 13.1.